The summed E-state index contributed by atoms with van der Waals surface area (Å²) in [5.41, 5.74) is 1.07. The summed E-state index contributed by atoms with van der Waals surface area (Å²) in [5, 5.41) is 15.0. The molecule has 0 amide bonds. The van der Waals surface area contributed by atoms with Crippen molar-refractivity contribution >= 4 is 16.3 Å². The molecule has 1 aliphatic rings. The lowest BCUT2D eigenvalue weighted by Gasteiger charge is -2.30. The van der Waals surface area contributed by atoms with Crippen LogP contribution < -0.4 is 10.1 Å². The van der Waals surface area contributed by atoms with E-state index in [1.54, 1.807) is 18.4 Å². The Morgan fingerprint density at radius 2 is 2.24 bits per heavy atom. The first-order chi connectivity index (χ1) is 10.3. The van der Waals surface area contributed by atoms with Crippen LogP contribution in [0.15, 0.2) is 11.6 Å². The number of ether oxygens (including phenoxy) is 1. The molecule has 0 bridgehead atoms. The molecule has 2 aromatic rings. The second-order valence-corrected chi connectivity index (χ2v) is 6.61. The number of aliphatic hydroxyl groups is 1. The van der Waals surface area contributed by atoms with E-state index in [0.29, 0.717) is 24.3 Å². The van der Waals surface area contributed by atoms with E-state index in [1.807, 2.05) is 11.6 Å². The molecule has 0 aliphatic heterocycles. The Balaban J connectivity index is 1.62. The van der Waals surface area contributed by atoms with Gasteiger partial charge in [-0.15, -0.1) is 11.3 Å². The standard InChI is InChI=1S/C15H23N3O2S/c1-20-14-13(18-6-7-21-15(18)17-14)9-16-8-11-4-2-3-5-12(11)10-19/h6-7,11-12,16,19H,2-5,8-10H2,1H3. The quantitative estimate of drug-likeness (QED) is 0.859. The summed E-state index contributed by atoms with van der Waals surface area (Å²) in [6, 6.07) is 0. The van der Waals surface area contributed by atoms with Crippen molar-refractivity contribution in [3.8, 4) is 5.88 Å². The third-order valence-corrected chi connectivity index (χ3v) is 5.27. The van der Waals surface area contributed by atoms with Crippen molar-refractivity contribution in [3.05, 3.63) is 17.3 Å². The fourth-order valence-electron chi connectivity index (χ4n) is 3.31. The largest absolute Gasteiger partial charge is 0.480 e. The van der Waals surface area contributed by atoms with Crippen LogP contribution in [0.4, 0.5) is 0 Å². The monoisotopic (exact) mass is 309 g/mol. The lowest BCUT2D eigenvalue weighted by molar-refractivity contribution is 0.133. The Hall–Kier alpha value is -1.11. The van der Waals surface area contributed by atoms with E-state index < -0.39 is 0 Å². The molecular formula is C15H23N3O2S. The molecule has 2 atom stereocenters. The Morgan fingerprint density at radius 1 is 1.43 bits per heavy atom. The van der Waals surface area contributed by atoms with Crippen LogP contribution in [0.2, 0.25) is 0 Å². The second-order valence-electron chi connectivity index (χ2n) is 5.74. The number of rotatable bonds is 6. The highest BCUT2D eigenvalue weighted by atomic mass is 32.1. The molecule has 2 aromatic heterocycles. The minimum atomic E-state index is 0.317. The third kappa shape index (κ3) is 3.07. The van der Waals surface area contributed by atoms with Crippen LogP contribution in [0.3, 0.4) is 0 Å². The first-order valence-electron chi connectivity index (χ1n) is 7.63. The van der Waals surface area contributed by atoms with Crippen LogP contribution in [-0.4, -0.2) is 34.8 Å². The van der Waals surface area contributed by atoms with Gasteiger partial charge in [-0.2, -0.15) is 4.98 Å². The first-order valence-corrected chi connectivity index (χ1v) is 8.51. The average molecular weight is 309 g/mol. The highest BCUT2D eigenvalue weighted by molar-refractivity contribution is 7.15. The van der Waals surface area contributed by atoms with Crippen molar-refractivity contribution in [2.75, 3.05) is 20.3 Å². The smallest absolute Gasteiger partial charge is 0.237 e. The van der Waals surface area contributed by atoms with E-state index >= 15 is 0 Å². The zero-order chi connectivity index (χ0) is 14.7. The van der Waals surface area contributed by atoms with Crippen LogP contribution in [0.1, 0.15) is 31.4 Å². The molecule has 0 radical (unpaired) electrons. The molecule has 116 valence electrons. The number of hydrogen-bond donors (Lipinski definition) is 2. The van der Waals surface area contributed by atoms with Gasteiger partial charge in [0, 0.05) is 24.7 Å². The van der Waals surface area contributed by atoms with E-state index in [2.05, 4.69) is 14.7 Å². The maximum absolute atomic E-state index is 9.48. The molecule has 6 heteroatoms. The van der Waals surface area contributed by atoms with Gasteiger partial charge in [0.05, 0.1) is 7.11 Å². The third-order valence-electron chi connectivity index (χ3n) is 4.52. The lowest BCUT2D eigenvalue weighted by Crippen LogP contribution is -2.32. The Kier molecular flexibility index (Phi) is 4.77. The number of aromatic nitrogens is 2. The van der Waals surface area contributed by atoms with Crippen LogP contribution >= 0.6 is 11.3 Å². The summed E-state index contributed by atoms with van der Waals surface area (Å²) in [4.78, 5) is 5.43. The predicted octanol–water partition coefficient (Wildman–Crippen LogP) is 2.29. The number of nitrogens with zero attached hydrogens (tertiary/aromatic N) is 2. The summed E-state index contributed by atoms with van der Waals surface area (Å²) in [5.74, 6) is 1.75. The van der Waals surface area contributed by atoms with Crippen molar-refractivity contribution in [3.63, 3.8) is 0 Å². The van der Waals surface area contributed by atoms with Gasteiger partial charge in [-0.05, 0) is 31.2 Å². The first kappa shape index (κ1) is 14.8. The fraction of sp³-hybridized carbons (Fsp3) is 0.667. The van der Waals surface area contributed by atoms with E-state index in [1.165, 1.54) is 19.3 Å². The Labute approximate surface area is 129 Å². The van der Waals surface area contributed by atoms with Gasteiger partial charge in [-0.1, -0.05) is 12.8 Å². The van der Waals surface area contributed by atoms with Crippen LogP contribution in [-0.2, 0) is 6.54 Å². The fourth-order valence-corrected chi connectivity index (χ4v) is 4.03. The highest BCUT2D eigenvalue weighted by Crippen LogP contribution is 2.29. The van der Waals surface area contributed by atoms with E-state index in [0.717, 1.165) is 30.2 Å². The average Bonchev–Trinajstić information content (AvgIpc) is 3.09. The molecule has 3 rings (SSSR count). The van der Waals surface area contributed by atoms with Gasteiger partial charge in [-0.25, -0.2) is 0 Å². The topological polar surface area (TPSA) is 58.8 Å². The molecule has 1 aliphatic carbocycles. The van der Waals surface area contributed by atoms with Gasteiger partial charge in [-0.3, -0.25) is 4.40 Å². The molecule has 1 fully saturated rings. The zero-order valence-corrected chi connectivity index (χ0v) is 13.2. The van der Waals surface area contributed by atoms with Crippen LogP contribution in [0.25, 0.3) is 4.96 Å². The van der Waals surface area contributed by atoms with Gasteiger partial charge in [0.25, 0.3) is 0 Å². The maximum atomic E-state index is 9.48. The minimum absolute atomic E-state index is 0.317. The predicted molar refractivity (Wildman–Crippen MR) is 83.9 cm³/mol. The summed E-state index contributed by atoms with van der Waals surface area (Å²) >= 11 is 1.61. The van der Waals surface area contributed by atoms with Gasteiger partial charge >= 0.3 is 0 Å². The number of methoxy groups -OCH3 is 1. The molecule has 0 aromatic carbocycles. The molecule has 0 saturated heterocycles. The van der Waals surface area contributed by atoms with Crippen molar-refractivity contribution in [1.82, 2.24) is 14.7 Å². The lowest BCUT2D eigenvalue weighted by atomic mass is 9.79. The minimum Gasteiger partial charge on any atom is -0.480 e. The van der Waals surface area contributed by atoms with Crippen molar-refractivity contribution < 1.29 is 9.84 Å². The number of thiazole rings is 1. The molecular weight excluding hydrogens is 286 g/mol. The van der Waals surface area contributed by atoms with Crippen molar-refractivity contribution in [2.24, 2.45) is 11.8 Å². The number of hydrogen-bond acceptors (Lipinski definition) is 5. The number of imidazole rings is 1. The van der Waals surface area contributed by atoms with Crippen LogP contribution in [0.5, 0.6) is 5.88 Å². The second kappa shape index (κ2) is 6.77. The summed E-state index contributed by atoms with van der Waals surface area (Å²) in [7, 11) is 1.67. The molecule has 2 unspecified atom stereocenters. The van der Waals surface area contributed by atoms with E-state index in [-0.39, 0.29) is 0 Å². The number of aliphatic hydroxyl groups excluding tert-OH is 1. The van der Waals surface area contributed by atoms with Gasteiger partial charge in [0.2, 0.25) is 5.88 Å². The van der Waals surface area contributed by atoms with Crippen molar-refractivity contribution in [1.29, 1.82) is 0 Å². The molecule has 1 saturated carbocycles. The molecule has 0 spiro atoms. The Morgan fingerprint density at radius 3 is 3.00 bits per heavy atom. The highest BCUT2D eigenvalue weighted by Gasteiger charge is 2.24. The summed E-state index contributed by atoms with van der Waals surface area (Å²) < 4.78 is 7.45. The number of fused-ring (bicyclic) bond motifs is 1. The molecule has 21 heavy (non-hydrogen) atoms. The molecule has 5 nitrogen and oxygen atoms in total. The zero-order valence-electron chi connectivity index (χ0n) is 12.4. The summed E-state index contributed by atoms with van der Waals surface area (Å²) in [6.07, 6.45) is 6.95. The maximum Gasteiger partial charge on any atom is 0.237 e. The normalized spacial score (nSPS) is 22.8. The molecule has 2 N–H and O–H groups in total. The number of nitrogens with one attached hydrogen (secondary N) is 1. The SMILES string of the molecule is COc1nc2sccn2c1CNCC1CCCCC1CO. The van der Waals surface area contributed by atoms with Crippen LogP contribution in [0, 0.1) is 11.8 Å². The van der Waals surface area contributed by atoms with E-state index in [9.17, 15) is 5.11 Å². The molecule has 2 heterocycles. The Bertz CT molecular complexity index is 580. The van der Waals surface area contributed by atoms with Gasteiger partial charge in [0.15, 0.2) is 4.96 Å². The van der Waals surface area contributed by atoms with E-state index in [4.69, 9.17) is 4.74 Å². The van der Waals surface area contributed by atoms with Crippen molar-refractivity contribution in [2.45, 2.75) is 32.2 Å². The van der Waals surface area contributed by atoms with Gasteiger partial charge < -0.3 is 15.2 Å². The summed E-state index contributed by atoms with van der Waals surface area (Å²) in [6.45, 7) is 2.01. The van der Waals surface area contributed by atoms with Gasteiger partial charge in [0.1, 0.15) is 5.69 Å².